The fourth-order valence-electron chi connectivity index (χ4n) is 2.74. The van der Waals surface area contributed by atoms with E-state index in [0.29, 0.717) is 23.1 Å². The van der Waals surface area contributed by atoms with Crippen LogP contribution in [-0.2, 0) is 0 Å². The second kappa shape index (κ2) is 6.74. The van der Waals surface area contributed by atoms with Crippen LogP contribution in [0.5, 0.6) is 5.75 Å². The molecule has 1 aromatic rings. The minimum atomic E-state index is 0.0591. The van der Waals surface area contributed by atoms with Crippen molar-refractivity contribution < 1.29 is 9.84 Å². The zero-order valence-corrected chi connectivity index (χ0v) is 14.3. The number of ether oxygens (including phenoxy) is 1. The Balaban J connectivity index is 2.27. The molecule has 0 aromatic heterocycles. The first-order valence-electron chi connectivity index (χ1n) is 7.31. The van der Waals surface area contributed by atoms with Crippen LogP contribution in [0.4, 0.5) is 0 Å². The van der Waals surface area contributed by atoms with Crippen LogP contribution < -0.4 is 10.1 Å². The quantitative estimate of drug-likeness (QED) is 0.868. The Labute approximate surface area is 136 Å². The summed E-state index contributed by atoms with van der Waals surface area (Å²) in [5, 5.41) is 14.1. The predicted octanol–water partition coefficient (Wildman–Crippen LogP) is 4.20. The zero-order valence-electron chi connectivity index (χ0n) is 12.7. The molecule has 5 heteroatoms. The molecule has 1 aliphatic rings. The van der Waals surface area contributed by atoms with Gasteiger partial charge in [-0.2, -0.15) is 0 Å². The highest BCUT2D eigenvalue weighted by atomic mass is 35.5. The van der Waals surface area contributed by atoms with Gasteiger partial charge in [0, 0.05) is 35.7 Å². The van der Waals surface area contributed by atoms with Crippen molar-refractivity contribution in [3.8, 4) is 5.75 Å². The van der Waals surface area contributed by atoms with Crippen molar-refractivity contribution >= 4 is 23.2 Å². The third-order valence-electron chi connectivity index (χ3n) is 3.93. The van der Waals surface area contributed by atoms with E-state index in [1.54, 1.807) is 6.07 Å². The fraction of sp³-hybridized carbons (Fsp3) is 0.625. The maximum atomic E-state index is 9.31. The third-order valence-corrected chi connectivity index (χ3v) is 4.43. The van der Waals surface area contributed by atoms with Crippen LogP contribution in [0.15, 0.2) is 12.1 Å². The highest BCUT2D eigenvalue weighted by Gasteiger charge is 2.30. The Hall–Kier alpha value is -0.480. The Morgan fingerprint density at radius 3 is 2.71 bits per heavy atom. The number of aliphatic hydroxyl groups excluding tert-OH is 1. The minimum Gasteiger partial charge on any atom is -0.492 e. The number of rotatable bonds is 4. The summed E-state index contributed by atoms with van der Waals surface area (Å²) in [6.45, 7) is 7.31. The number of fused-ring (bicyclic) bond motifs is 1. The number of nitrogens with one attached hydrogen (secondary N) is 1. The van der Waals surface area contributed by atoms with Crippen molar-refractivity contribution in [1.29, 1.82) is 0 Å². The monoisotopic (exact) mass is 331 g/mol. The van der Waals surface area contributed by atoms with Gasteiger partial charge in [0.25, 0.3) is 0 Å². The van der Waals surface area contributed by atoms with E-state index < -0.39 is 0 Å². The second-order valence-electron chi connectivity index (χ2n) is 6.59. The molecule has 0 saturated carbocycles. The van der Waals surface area contributed by atoms with Crippen molar-refractivity contribution in [3.63, 3.8) is 0 Å². The number of aliphatic hydroxyl groups is 1. The zero-order chi connectivity index (χ0) is 15.6. The lowest BCUT2D eigenvalue weighted by molar-refractivity contribution is 0.167. The van der Waals surface area contributed by atoms with E-state index in [1.165, 1.54) is 0 Å². The van der Waals surface area contributed by atoms with Gasteiger partial charge in [0.05, 0.1) is 11.6 Å². The van der Waals surface area contributed by atoms with Crippen LogP contribution in [0, 0.1) is 5.41 Å². The standard InChI is InChI=1S/C16H23Cl2NO2/c1-16(2,3)14(4-6-20)19-13-5-7-21-15-11(13)8-10(17)9-12(15)18/h8-9,13-14,19-20H,4-7H2,1-3H3. The Bertz CT molecular complexity index is 500. The SMILES string of the molecule is CC(C)(C)C(CCO)NC1CCOc2c(Cl)cc(Cl)cc21. The van der Waals surface area contributed by atoms with E-state index >= 15 is 0 Å². The summed E-state index contributed by atoms with van der Waals surface area (Å²) in [5.74, 6) is 0.724. The molecule has 21 heavy (non-hydrogen) atoms. The molecular formula is C16H23Cl2NO2. The average Bonchev–Trinajstić information content (AvgIpc) is 2.37. The Morgan fingerprint density at radius 2 is 2.10 bits per heavy atom. The first-order chi connectivity index (χ1) is 9.82. The van der Waals surface area contributed by atoms with Gasteiger partial charge in [0.2, 0.25) is 0 Å². The summed E-state index contributed by atoms with van der Waals surface area (Å²) in [4.78, 5) is 0. The molecule has 118 valence electrons. The van der Waals surface area contributed by atoms with E-state index in [4.69, 9.17) is 27.9 Å². The van der Waals surface area contributed by atoms with Crippen molar-refractivity contribution in [3.05, 3.63) is 27.7 Å². The largest absolute Gasteiger partial charge is 0.492 e. The molecule has 0 amide bonds. The van der Waals surface area contributed by atoms with Crippen LogP contribution in [0.2, 0.25) is 10.0 Å². The predicted molar refractivity (Wildman–Crippen MR) is 87.4 cm³/mol. The Morgan fingerprint density at radius 1 is 1.38 bits per heavy atom. The van der Waals surface area contributed by atoms with Gasteiger partial charge >= 0.3 is 0 Å². The van der Waals surface area contributed by atoms with E-state index in [-0.39, 0.29) is 24.1 Å². The molecule has 2 unspecified atom stereocenters. The summed E-state index contributed by atoms with van der Waals surface area (Å²) in [7, 11) is 0. The lowest BCUT2D eigenvalue weighted by Crippen LogP contribution is -2.44. The fourth-order valence-corrected chi connectivity index (χ4v) is 3.30. The first kappa shape index (κ1) is 16.9. The number of hydrogen-bond acceptors (Lipinski definition) is 3. The molecule has 0 fully saturated rings. The summed E-state index contributed by atoms with van der Waals surface area (Å²) in [6, 6.07) is 3.97. The molecule has 0 aliphatic carbocycles. The maximum Gasteiger partial charge on any atom is 0.142 e. The molecule has 0 bridgehead atoms. The highest BCUT2D eigenvalue weighted by molar-refractivity contribution is 6.35. The molecule has 2 rings (SSSR count). The molecule has 3 nitrogen and oxygen atoms in total. The van der Waals surface area contributed by atoms with E-state index in [2.05, 4.69) is 26.1 Å². The number of benzene rings is 1. The highest BCUT2D eigenvalue weighted by Crippen LogP contribution is 2.40. The van der Waals surface area contributed by atoms with Gasteiger partial charge in [-0.3, -0.25) is 0 Å². The summed E-state index contributed by atoms with van der Waals surface area (Å²) < 4.78 is 5.69. The smallest absolute Gasteiger partial charge is 0.142 e. The normalized spacial score (nSPS) is 19.8. The van der Waals surface area contributed by atoms with Crippen molar-refractivity contribution in [1.82, 2.24) is 5.32 Å². The number of hydrogen-bond donors (Lipinski definition) is 2. The molecule has 1 aromatic carbocycles. The molecule has 2 atom stereocenters. The van der Waals surface area contributed by atoms with Crippen molar-refractivity contribution in [2.24, 2.45) is 5.41 Å². The summed E-state index contributed by atoms with van der Waals surface area (Å²) >= 11 is 12.4. The van der Waals surface area contributed by atoms with Gasteiger partial charge in [-0.05, 0) is 24.0 Å². The van der Waals surface area contributed by atoms with E-state index in [9.17, 15) is 5.11 Å². The summed E-state index contributed by atoms with van der Waals surface area (Å²) in [5.41, 5.74) is 1.06. The van der Waals surface area contributed by atoms with Gasteiger partial charge < -0.3 is 15.2 Å². The average molecular weight is 332 g/mol. The van der Waals surface area contributed by atoms with Gasteiger partial charge in [-0.25, -0.2) is 0 Å². The lowest BCUT2D eigenvalue weighted by atomic mass is 9.83. The van der Waals surface area contributed by atoms with Crippen LogP contribution in [0.1, 0.15) is 45.2 Å². The Kier molecular flexibility index (Phi) is 5.42. The maximum absolute atomic E-state index is 9.31. The molecule has 2 N–H and O–H groups in total. The minimum absolute atomic E-state index is 0.0591. The van der Waals surface area contributed by atoms with Gasteiger partial charge in [0.15, 0.2) is 0 Å². The molecule has 0 radical (unpaired) electrons. The van der Waals surface area contributed by atoms with Crippen LogP contribution in [0.3, 0.4) is 0 Å². The lowest BCUT2D eigenvalue weighted by Gasteiger charge is -2.37. The van der Waals surface area contributed by atoms with E-state index in [1.807, 2.05) is 6.07 Å². The van der Waals surface area contributed by atoms with Crippen LogP contribution in [0.25, 0.3) is 0 Å². The van der Waals surface area contributed by atoms with Gasteiger partial charge in [-0.1, -0.05) is 44.0 Å². The van der Waals surface area contributed by atoms with Gasteiger partial charge in [0.1, 0.15) is 5.75 Å². The van der Waals surface area contributed by atoms with Crippen molar-refractivity contribution in [2.45, 2.75) is 45.7 Å². The molecule has 1 heterocycles. The van der Waals surface area contributed by atoms with Crippen LogP contribution >= 0.6 is 23.2 Å². The molecular weight excluding hydrogens is 309 g/mol. The van der Waals surface area contributed by atoms with E-state index in [0.717, 1.165) is 17.7 Å². The van der Waals surface area contributed by atoms with Gasteiger partial charge in [-0.15, -0.1) is 0 Å². The second-order valence-corrected chi connectivity index (χ2v) is 7.44. The first-order valence-corrected chi connectivity index (χ1v) is 8.07. The molecule has 1 aliphatic heterocycles. The molecule has 0 spiro atoms. The third kappa shape index (κ3) is 4.04. The summed E-state index contributed by atoms with van der Waals surface area (Å²) in [6.07, 6.45) is 1.58. The van der Waals surface area contributed by atoms with Crippen LogP contribution in [-0.4, -0.2) is 24.4 Å². The topological polar surface area (TPSA) is 41.5 Å². The number of halogens is 2. The van der Waals surface area contributed by atoms with Crippen molar-refractivity contribution in [2.75, 3.05) is 13.2 Å². The molecule has 0 saturated heterocycles.